The maximum Gasteiger partial charge on any atom is 0.408 e. The zero-order valence-corrected chi connectivity index (χ0v) is 36.0. The summed E-state index contributed by atoms with van der Waals surface area (Å²) in [5.74, 6) is -4.50. The highest BCUT2D eigenvalue weighted by molar-refractivity contribution is 5.89. The zero-order chi connectivity index (χ0) is 43.8. The van der Waals surface area contributed by atoms with Crippen LogP contribution in [0.5, 0.6) is 0 Å². The molecule has 1 amide bonds. The number of nitrogens with one attached hydrogen (secondary N) is 1. The molecule has 1 aromatic carbocycles. The number of benzene rings is 1. The predicted octanol–water partition coefficient (Wildman–Crippen LogP) is 5.27. The van der Waals surface area contributed by atoms with Gasteiger partial charge in [-0.15, -0.1) is 0 Å². The minimum absolute atomic E-state index is 0.0269. The first-order valence-electron chi connectivity index (χ1n) is 20.6. The number of hydrogen-bond donors (Lipinski definition) is 3. The van der Waals surface area contributed by atoms with Crippen LogP contribution >= 0.6 is 0 Å². The molecule has 15 nitrogen and oxygen atoms in total. The average Bonchev–Trinajstić information content (AvgIpc) is 3.48. The van der Waals surface area contributed by atoms with E-state index < -0.39 is 106 Å². The standard InChI is InChI=1S/C45H58N2O13/c1-24-28(55-38(51)32(49)31(27-18-14-15-21-46-27)47-39(52)60-40(3,4)5)22-45(53)36(56-37(50)26-16-12-11-13-17-26)34-43(10,20-19-29-44(34,23-54-29)57-25(2)48)35-33(30(24)41(45,6)7)58-42(8,9)59-35/h11-18,21,28-29,31-36,49,53H,19-20,22-23H2,1-10H3,(H,47,52)/t28-,29+,31-,32+,33+,34-,35-,36-,43+,44-,45+/m0/s1. The molecular formula is C45H58N2O13. The Bertz CT molecular complexity index is 2030. The van der Waals surface area contributed by atoms with E-state index in [1.165, 1.54) is 19.2 Å². The van der Waals surface area contributed by atoms with Gasteiger partial charge in [0, 0.05) is 30.4 Å². The van der Waals surface area contributed by atoms with Crippen LogP contribution in [0.15, 0.2) is 65.9 Å². The Morgan fingerprint density at radius 3 is 2.25 bits per heavy atom. The van der Waals surface area contributed by atoms with Gasteiger partial charge in [0.2, 0.25) is 0 Å². The van der Waals surface area contributed by atoms with E-state index >= 15 is 0 Å². The molecule has 3 N–H and O–H groups in total. The second kappa shape index (κ2) is 15.2. The van der Waals surface area contributed by atoms with Gasteiger partial charge in [-0.05, 0) is 89.8 Å². The summed E-state index contributed by atoms with van der Waals surface area (Å²) in [4.78, 5) is 59.0. The number of carbonyl (C=O) groups is 4. The van der Waals surface area contributed by atoms with Crippen molar-refractivity contribution in [3.63, 3.8) is 0 Å². The number of ether oxygens (including phenoxy) is 7. The molecule has 7 rings (SSSR count). The number of aliphatic hydroxyl groups excluding tert-OH is 1. The van der Waals surface area contributed by atoms with Gasteiger partial charge in [0.15, 0.2) is 17.5 Å². The van der Waals surface area contributed by atoms with Gasteiger partial charge in [0.25, 0.3) is 0 Å². The Morgan fingerprint density at radius 1 is 0.967 bits per heavy atom. The highest BCUT2D eigenvalue weighted by Crippen LogP contribution is 2.67. The first kappa shape index (κ1) is 43.7. The molecule has 60 heavy (non-hydrogen) atoms. The number of esters is 3. The molecule has 0 unspecified atom stereocenters. The van der Waals surface area contributed by atoms with Crippen molar-refractivity contribution < 1.29 is 62.5 Å². The lowest BCUT2D eigenvalue weighted by atomic mass is 9.45. The number of alkyl carbamates (subject to hydrolysis) is 1. The number of amides is 1. The van der Waals surface area contributed by atoms with Crippen LogP contribution in [0.2, 0.25) is 0 Å². The molecule has 4 fully saturated rings. The summed E-state index contributed by atoms with van der Waals surface area (Å²) < 4.78 is 44.4. The van der Waals surface area contributed by atoms with E-state index in [9.17, 15) is 29.4 Å². The van der Waals surface area contributed by atoms with E-state index in [-0.39, 0.29) is 24.3 Å². The highest BCUT2D eigenvalue weighted by Gasteiger charge is 2.77. The monoisotopic (exact) mass is 834 g/mol. The fourth-order valence-electron chi connectivity index (χ4n) is 10.6. The molecule has 2 saturated carbocycles. The van der Waals surface area contributed by atoms with Crippen molar-refractivity contribution >= 4 is 24.0 Å². The largest absolute Gasteiger partial charge is 0.456 e. The molecule has 2 bridgehead atoms. The Kier molecular flexibility index (Phi) is 11.1. The van der Waals surface area contributed by atoms with Crippen LogP contribution < -0.4 is 5.32 Å². The lowest BCUT2D eigenvalue weighted by Gasteiger charge is -2.68. The molecule has 0 spiro atoms. The van der Waals surface area contributed by atoms with Crippen LogP contribution in [0, 0.1) is 16.7 Å². The Hall–Kier alpha value is -4.41. The molecule has 11 atom stereocenters. The zero-order valence-electron chi connectivity index (χ0n) is 36.0. The van der Waals surface area contributed by atoms with Gasteiger partial charge in [0.1, 0.15) is 41.7 Å². The summed E-state index contributed by atoms with van der Waals surface area (Å²) in [6.45, 7) is 17.3. The molecule has 2 saturated heterocycles. The first-order valence-corrected chi connectivity index (χ1v) is 20.6. The lowest BCUT2D eigenvalue weighted by Crippen LogP contribution is -2.79. The molecule has 1 aromatic heterocycles. The van der Waals surface area contributed by atoms with Crippen molar-refractivity contribution in [3.8, 4) is 0 Å². The van der Waals surface area contributed by atoms with E-state index in [0.29, 0.717) is 24.0 Å². The van der Waals surface area contributed by atoms with E-state index in [0.717, 1.165) is 0 Å². The highest BCUT2D eigenvalue weighted by atomic mass is 16.8. The van der Waals surface area contributed by atoms with Crippen molar-refractivity contribution in [2.75, 3.05) is 6.61 Å². The van der Waals surface area contributed by atoms with E-state index in [1.807, 2.05) is 20.8 Å². The number of aromatic nitrogens is 1. The fraction of sp³-hybridized carbons (Fsp3) is 0.622. The minimum Gasteiger partial charge on any atom is -0.456 e. The molecule has 2 aliphatic heterocycles. The average molecular weight is 835 g/mol. The van der Waals surface area contributed by atoms with Gasteiger partial charge < -0.3 is 48.7 Å². The van der Waals surface area contributed by atoms with Crippen LogP contribution in [0.25, 0.3) is 0 Å². The summed E-state index contributed by atoms with van der Waals surface area (Å²) >= 11 is 0. The van der Waals surface area contributed by atoms with E-state index in [1.54, 1.807) is 84.0 Å². The number of fused-ring (bicyclic) bond motifs is 8. The lowest BCUT2D eigenvalue weighted by molar-refractivity contribution is -0.346. The molecule has 0 radical (unpaired) electrons. The molecular weight excluding hydrogens is 776 g/mol. The van der Waals surface area contributed by atoms with Crippen molar-refractivity contribution in [3.05, 3.63) is 77.1 Å². The number of hydrogen-bond acceptors (Lipinski definition) is 14. The number of pyridine rings is 1. The number of nitrogens with zero attached hydrogens (tertiary/aromatic N) is 1. The van der Waals surface area contributed by atoms with Gasteiger partial charge in [0.05, 0.1) is 29.9 Å². The summed E-state index contributed by atoms with van der Waals surface area (Å²) in [5, 5.41) is 28.1. The van der Waals surface area contributed by atoms with Crippen LogP contribution in [0.1, 0.15) is 111 Å². The topological polar surface area (TPSA) is 198 Å². The molecule has 3 heterocycles. The van der Waals surface area contributed by atoms with Crippen molar-refractivity contribution in [2.45, 2.75) is 154 Å². The fourth-order valence-corrected chi connectivity index (χ4v) is 10.6. The smallest absolute Gasteiger partial charge is 0.408 e. The predicted molar refractivity (Wildman–Crippen MR) is 213 cm³/mol. The molecule has 5 aliphatic rings. The SMILES string of the molecule is CC(=O)O[C@@]12CO[C@@H]1CC[C@@]1(C)[C@H]3OC(C)(C)O[C@@H]3C3=C(C)[C@@H](OC(=O)[C@H](O)[C@@H](NC(=O)OC(C)(C)C)c4ccccn4)C[C@@](O)([C@@H](OC(=O)c4ccccc4)[C@@H]12)C3(C)C. The third-order valence-corrected chi connectivity index (χ3v) is 13.3. The number of rotatable bonds is 8. The number of carbonyl (C=O) groups excluding carboxylic acids is 4. The van der Waals surface area contributed by atoms with Gasteiger partial charge in [-0.2, -0.15) is 0 Å². The van der Waals surface area contributed by atoms with Gasteiger partial charge >= 0.3 is 24.0 Å². The summed E-state index contributed by atoms with van der Waals surface area (Å²) in [5.41, 5.74) is -5.04. The Balaban J connectivity index is 1.37. The number of aliphatic hydroxyl groups is 2. The molecule has 2 aromatic rings. The first-order chi connectivity index (χ1) is 27.9. The second-order valence-corrected chi connectivity index (χ2v) is 19.1. The van der Waals surface area contributed by atoms with Crippen molar-refractivity contribution in [1.82, 2.24) is 10.3 Å². The third-order valence-electron chi connectivity index (χ3n) is 13.3. The van der Waals surface area contributed by atoms with Crippen LogP contribution in [-0.4, -0.2) is 105 Å². The molecule has 15 heteroatoms. The van der Waals surface area contributed by atoms with Gasteiger partial charge in [-0.1, -0.05) is 45.0 Å². The summed E-state index contributed by atoms with van der Waals surface area (Å²) in [6, 6.07) is 11.8. The molecule has 3 aliphatic carbocycles. The summed E-state index contributed by atoms with van der Waals surface area (Å²) in [6.07, 6.45) is -5.61. The van der Waals surface area contributed by atoms with E-state index in [4.69, 9.17) is 33.2 Å². The van der Waals surface area contributed by atoms with Crippen LogP contribution in [-0.2, 0) is 42.7 Å². The van der Waals surface area contributed by atoms with Crippen LogP contribution in [0.3, 0.4) is 0 Å². The van der Waals surface area contributed by atoms with Crippen molar-refractivity contribution in [1.29, 1.82) is 0 Å². The van der Waals surface area contributed by atoms with E-state index in [2.05, 4.69) is 10.3 Å². The Morgan fingerprint density at radius 2 is 1.65 bits per heavy atom. The second-order valence-electron chi connectivity index (χ2n) is 19.1. The maximum absolute atomic E-state index is 14.4. The molecule has 326 valence electrons. The van der Waals surface area contributed by atoms with Crippen LogP contribution in [0.4, 0.5) is 4.79 Å². The van der Waals surface area contributed by atoms with Gasteiger partial charge in [-0.3, -0.25) is 9.78 Å². The third kappa shape index (κ3) is 7.39. The summed E-state index contributed by atoms with van der Waals surface area (Å²) in [7, 11) is 0. The normalized spacial score (nSPS) is 34.7. The maximum atomic E-state index is 14.4. The quantitative estimate of drug-likeness (QED) is 0.177. The minimum atomic E-state index is -2.06. The Labute approximate surface area is 350 Å². The van der Waals surface area contributed by atoms with Gasteiger partial charge in [-0.25, -0.2) is 14.4 Å². The van der Waals surface area contributed by atoms with Crippen molar-refractivity contribution in [2.24, 2.45) is 16.7 Å².